The van der Waals surface area contributed by atoms with Crippen LogP contribution in [0.1, 0.15) is 97.8 Å². The molecule has 0 N–H and O–H groups in total. The second kappa shape index (κ2) is 16.4. The van der Waals surface area contributed by atoms with Crippen LogP contribution >= 0.6 is 8.58 Å². The van der Waals surface area contributed by atoms with Gasteiger partial charge in [-0.3, -0.25) is 4.79 Å². The van der Waals surface area contributed by atoms with Gasteiger partial charge in [-0.15, -0.1) is 0 Å². The predicted molar refractivity (Wildman–Crippen MR) is 143 cm³/mol. The summed E-state index contributed by atoms with van der Waals surface area (Å²) in [5.41, 5.74) is 5.63. The third-order valence-corrected chi connectivity index (χ3v) is 7.47. The molecule has 0 radical (unpaired) electrons. The molecule has 1 atom stereocenters. The molecule has 0 bridgehead atoms. The van der Waals surface area contributed by atoms with Crippen LogP contribution in [0.5, 0.6) is 11.5 Å². The van der Waals surface area contributed by atoms with Gasteiger partial charge in [0.05, 0.1) is 13.2 Å². The number of unbranched alkanes of at least 4 members (excludes halogenated alkanes) is 6. The summed E-state index contributed by atoms with van der Waals surface area (Å²) < 4.78 is 12.2. The predicted octanol–water partition coefficient (Wildman–Crippen LogP) is 4.99. The smallest absolute Gasteiger partial charge is 0.493 e. The molecule has 2 aromatic rings. The maximum atomic E-state index is 13.4. The van der Waals surface area contributed by atoms with E-state index >= 15 is 0 Å². The summed E-state index contributed by atoms with van der Waals surface area (Å²) in [4.78, 5) is 13.4. The summed E-state index contributed by atoms with van der Waals surface area (Å²) in [7, 11) is 0.0318. The van der Waals surface area contributed by atoms with Crippen LogP contribution < -0.4 is 33.6 Å². The number of hydrogen-bond acceptors (Lipinski definition) is 3. The minimum absolute atomic E-state index is 0. The van der Waals surface area contributed by atoms with Crippen LogP contribution in [0.25, 0.3) is 0 Å². The molecule has 0 amide bonds. The quantitative estimate of drug-likeness (QED) is 0.206. The van der Waals surface area contributed by atoms with E-state index in [1.807, 2.05) is 25.1 Å². The van der Waals surface area contributed by atoms with Gasteiger partial charge in [-0.05, 0) is 83.5 Å². The van der Waals surface area contributed by atoms with Gasteiger partial charge in [0.15, 0.2) is 5.52 Å². The van der Waals surface area contributed by atoms with Crippen LogP contribution in [-0.4, -0.2) is 18.7 Å². The Labute approximate surface area is 221 Å². The Kier molecular flexibility index (Phi) is 14.9. The van der Waals surface area contributed by atoms with Gasteiger partial charge in [0.2, 0.25) is 0 Å². The fourth-order valence-corrected chi connectivity index (χ4v) is 5.25. The molecule has 1 unspecified atom stereocenters. The van der Waals surface area contributed by atoms with Crippen molar-refractivity contribution in [2.75, 3.05) is 13.2 Å². The van der Waals surface area contributed by atoms with E-state index in [9.17, 15) is 4.79 Å². The molecule has 0 spiro atoms. The monoisotopic (exact) mass is 477 g/mol. The molecule has 5 heteroatoms. The Morgan fingerprint density at radius 2 is 1.38 bits per heavy atom. The van der Waals surface area contributed by atoms with Crippen LogP contribution in [0.2, 0.25) is 0 Å². The Balaban J connectivity index is 0.00000578. The topological polar surface area (TPSA) is 35.5 Å². The van der Waals surface area contributed by atoms with Gasteiger partial charge in [-0.25, -0.2) is 0 Å². The molecule has 0 aliphatic heterocycles. The first-order valence-corrected chi connectivity index (χ1v) is 13.7. The van der Waals surface area contributed by atoms with Crippen molar-refractivity contribution in [3.8, 4) is 11.5 Å². The van der Waals surface area contributed by atoms with Crippen molar-refractivity contribution < 1.29 is 33.1 Å². The summed E-state index contributed by atoms with van der Waals surface area (Å²) in [6, 6.07) is 8.11. The summed E-state index contributed by atoms with van der Waals surface area (Å²) in [6.07, 6.45) is 9.35. The van der Waals surface area contributed by atoms with Crippen LogP contribution in [-0.2, 0) is 0 Å². The summed E-state index contributed by atoms with van der Waals surface area (Å²) >= 11 is 0. The first kappa shape index (κ1) is 30.8. The van der Waals surface area contributed by atoms with E-state index in [4.69, 9.17) is 9.47 Å². The summed E-state index contributed by atoms with van der Waals surface area (Å²) in [5, 5.41) is 0.964. The van der Waals surface area contributed by atoms with Crippen molar-refractivity contribution >= 4 is 19.4 Å². The van der Waals surface area contributed by atoms with Crippen molar-refractivity contribution in [1.82, 2.24) is 0 Å². The fourth-order valence-electron chi connectivity index (χ4n) is 4.06. The van der Waals surface area contributed by atoms with E-state index in [0.29, 0.717) is 6.61 Å². The minimum Gasteiger partial charge on any atom is -0.493 e. The maximum absolute atomic E-state index is 13.4. The van der Waals surface area contributed by atoms with Gasteiger partial charge in [-0.1, -0.05) is 58.4 Å². The molecular formula is C29H43LiO3P+. The van der Waals surface area contributed by atoms with Crippen molar-refractivity contribution in [3.63, 3.8) is 0 Å². The normalized spacial score (nSPS) is 11.0. The van der Waals surface area contributed by atoms with E-state index in [2.05, 4.69) is 40.7 Å². The number of rotatable bonds is 15. The van der Waals surface area contributed by atoms with E-state index in [0.717, 1.165) is 52.9 Å². The van der Waals surface area contributed by atoms with E-state index in [1.54, 1.807) is 0 Å². The van der Waals surface area contributed by atoms with Crippen LogP contribution in [0, 0.1) is 27.7 Å². The Bertz CT molecular complexity index is 911. The second-order valence-corrected chi connectivity index (χ2v) is 10.3. The van der Waals surface area contributed by atoms with E-state index in [1.165, 1.54) is 49.7 Å². The van der Waals surface area contributed by atoms with Gasteiger partial charge >= 0.3 is 18.9 Å². The Morgan fingerprint density at radius 1 is 0.765 bits per heavy atom. The molecule has 0 fully saturated rings. The Hall–Kier alpha value is -1.26. The van der Waals surface area contributed by atoms with Gasteiger partial charge in [0.25, 0.3) is 0 Å². The van der Waals surface area contributed by atoms with Crippen LogP contribution in [0.15, 0.2) is 24.3 Å². The molecule has 0 saturated heterocycles. The van der Waals surface area contributed by atoms with Crippen LogP contribution in [0.4, 0.5) is 0 Å². The van der Waals surface area contributed by atoms with Crippen molar-refractivity contribution in [3.05, 3.63) is 52.1 Å². The molecule has 0 aliphatic carbocycles. The first-order valence-electron chi connectivity index (χ1n) is 12.7. The van der Waals surface area contributed by atoms with Crippen molar-refractivity contribution in [2.24, 2.45) is 0 Å². The SMILES string of the molecule is CCCCCCOc1ccc(PC(=O)c2c(C)cc(C)c(C)c2C)c(OCCCCCC)c1.[Li+]. The standard InChI is InChI=1S/C29H43O3P.Li/c1-7-9-11-13-17-31-25-15-16-27(26(20-25)32-18-14-12-10-8-2)33-29(30)28-22(4)19-21(3)23(5)24(28)6;/h15-16,19-20,33H,7-14,17-18H2,1-6H3;/q;+1. The molecule has 2 rings (SSSR count). The van der Waals surface area contributed by atoms with Crippen molar-refractivity contribution in [1.29, 1.82) is 0 Å². The fraction of sp³-hybridized carbons (Fsp3) is 0.552. The number of aryl methyl sites for hydroxylation is 2. The van der Waals surface area contributed by atoms with Crippen molar-refractivity contribution in [2.45, 2.75) is 92.9 Å². The molecule has 0 heterocycles. The molecular weight excluding hydrogens is 434 g/mol. The van der Waals surface area contributed by atoms with Crippen LogP contribution in [0.3, 0.4) is 0 Å². The third kappa shape index (κ3) is 9.41. The zero-order chi connectivity index (χ0) is 24.2. The minimum atomic E-state index is 0. The zero-order valence-electron chi connectivity index (χ0n) is 22.6. The third-order valence-electron chi connectivity index (χ3n) is 6.31. The number of benzene rings is 2. The molecule has 0 saturated carbocycles. The molecule has 0 aromatic heterocycles. The largest absolute Gasteiger partial charge is 1.00 e. The van der Waals surface area contributed by atoms with Gasteiger partial charge in [-0.2, -0.15) is 0 Å². The molecule has 2 aromatic carbocycles. The number of hydrogen-bond donors (Lipinski definition) is 0. The molecule has 3 nitrogen and oxygen atoms in total. The zero-order valence-corrected chi connectivity index (χ0v) is 23.6. The average Bonchev–Trinajstić information content (AvgIpc) is 2.78. The molecule has 34 heavy (non-hydrogen) atoms. The van der Waals surface area contributed by atoms with Gasteiger partial charge < -0.3 is 9.47 Å². The maximum Gasteiger partial charge on any atom is 1.00 e. The number of carbonyl (C=O) groups excluding carboxylic acids is 1. The number of carbonyl (C=O) groups is 1. The number of ether oxygens (including phenoxy) is 2. The Morgan fingerprint density at radius 3 is 2.00 bits per heavy atom. The first-order chi connectivity index (χ1) is 15.9. The molecule has 182 valence electrons. The average molecular weight is 478 g/mol. The van der Waals surface area contributed by atoms with E-state index in [-0.39, 0.29) is 33.0 Å². The van der Waals surface area contributed by atoms with Gasteiger partial charge in [0, 0.05) is 16.9 Å². The molecule has 0 aliphatic rings. The summed E-state index contributed by atoms with van der Waals surface area (Å²) in [6.45, 7) is 14.1. The second-order valence-electron chi connectivity index (χ2n) is 9.07. The van der Waals surface area contributed by atoms with E-state index < -0.39 is 0 Å². The van der Waals surface area contributed by atoms with Gasteiger partial charge in [0.1, 0.15) is 11.5 Å². The summed E-state index contributed by atoms with van der Waals surface area (Å²) in [5.74, 6) is 1.62.